The van der Waals surface area contributed by atoms with E-state index in [9.17, 15) is 13.2 Å². The van der Waals surface area contributed by atoms with E-state index in [0.29, 0.717) is 28.8 Å². The third kappa shape index (κ3) is 5.64. The fourth-order valence-corrected chi connectivity index (χ4v) is 4.72. The number of nitrogens with one attached hydrogen (secondary N) is 1. The number of amides is 1. The second-order valence-corrected chi connectivity index (χ2v) is 9.55. The normalized spacial score (nSPS) is 11.2. The number of methoxy groups -OCH3 is 2. The monoisotopic (exact) mass is 468 g/mol. The van der Waals surface area contributed by atoms with Crippen molar-refractivity contribution >= 4 is 27.3 Å². The maximum Gasteiger partial charge on any atom is 0.264 e. The van der Waals surface area contributed by atoms with E-state index in [-0.39, 0.29) is 4.90 Å². The summed E-state index contributed by atoms with van der Waals surface area (Å²) in [5.41, 5.74) is 1.89. The Bertz CT molecular complexity index is 1190. The molecular formula is C25H28N2O5S. The number of sulfonamides is 1. The smallest absolute Gasteiger partial charge is 0.264 e. The molecule has 33 heavy (non-hydrogen) atoms. The Morgan fingerprint density at radius 2 is 1.61 bits per heavy atom. The van der Waals surface area contributed by atoms with Crippen molar-refractivity contribution in [3.63, 3.8) is 0 Å². The van der Waals surface area contributed by atoms with Crippen LogP contribution in [0, 0.1) is 0 Å². The second kappa shape index (κ2) is 10.4. The van der Waals surface area contributed by atoms with Gasteiger partial charge in [0, 0.05) is 6.07 Å². The van der Waals surface area contributed by atoms with Crippen molar-refractivity contribution in [2.24, 2.45) is 0 Å². The maximum atomic E-state index is 13.5. The molecule has 3 aromatic rings. The minimum atomic E-state index is -3.98. The molecule has 0 unspecified atom stereocenters. The van der Waals surface area contributed by atoms with E-state index in [1.807, 2.05) is 12.1 Å². The zero-order chi connectivity index (χ0) is 24.0. The summed E-state index contributed by atoms with van der Waals surface area (Å²) in [5.74, 6) is 0.764. The van der Waals surface area contributed by atoms with E-state index in [0.717, 1.165) is 9.87 Å². The number of nitrogens with zero attached hydrogens (tertiary/aromatic N) is 1. The molecule has 8 heteroatoms. The van der Waals surface area contributed by atoms with Crippen molar-refractivity contribution < 1.29 is 22.7 Å². The minimum absolute atomic E-state index is 0.104. The second-order valence-electron chi connectivity index (χ2n) is 7.69. The SMILES string of the molecule is COc1ccc(NC(=O)CN(c2ccc(C(C)C)cc2)S(=O)(=O)c2ccccc2)c(OC)c1. The molecule has 3 rings (SSSR count). The Balaban J connectivity index is 1.94. The Labute approximate surface area is 195 Å². The van der Waals surface area contributed by atoms with Crippen LogP contribution in [0.15, 0.2) is 77.7 Å². The number of carbonyl (C=O) groups excluding carboxylic acids is 1. The molecule has 0 aromatic heterocycles. The Hall–Kier alpha value is -3.52. The van der Waals surface area contributed by atoms with Gasteiger partial charge in [0.2, 0.25) is 5.91 Å². The van der Waals surface area contributed by atoms with Crippen LogP contribution in [0.3, 0.4) is 0 Å². The summed E-state index contributed by atoms with van der Waals surface area (Å²) in [6, 6.07) is 20.2. The quantitative estimate of drug-likeness (QED) is 0.494. The van der Waals surface area contributed by atoms with Crippen LogP contribution in [0.1, 0.15) is 25.3 Å². The first-order valence-electron chi connectivity index (χ1n) is 10.5. The highest BCUT2D eigenvalue weighted by Crippen LogP contribution is 2.30. The van der Waals surface area contributed by atoms with Crippen molar-refractivity contribution in [3.05, 3.63) is 78.4 Å². The van der Waals surface area contributed by atoms with Gasteiger partial charge in [-0.05, 0) is 47.9 Å². The molecule has 1 N–H and O–H groups in total. The molecule has 0 saturated carbocycles. The van der Waals surface area contributed by atoms with Gasteiger partial charge in [-0.2, -0.15) is 0 Å². The first-order chi connectivity index (χ1) is 15.8. The van der Waals surface area contributed by atoms with Crippen LogP contribution >= 0.6 is 0 Å². The van der Waals surface area contributed by atoms with E-state index < -0.39 is 22.5 Å². The van der Waals surface area contributed by atoms with Gasteiger partial charge < -0.3 is 14.8 Å². The predicted molar refractivity (Wildman–Crippen MR) is 130 cm³/mol. The van der Waals surface area contributed by atoms with Gasteiger partial charge in [-0.25, -0.2) is 8.42 Å². The summed E-state index contributed by atoms with van der Waals surface area (Å²) >= 11 is 0. The minimum Gasteiger partial charge on any atom is -0.497 e. The fourth-order valence-electron chi connectivity index (χ4n) is 3.28. The molecule has 7 nitrogen and oxygen atoms in total. The topological polar surface area (TPSA) is 84.9 Å². The number of ether oxygens (including phenoxy) is 2. The first-order valence-corrected chi connectivity index (χ1v) is 11.9. The van der Waals surface area contributed by atoms with E-state index >= 15 is 0 Å². The van der Waals surface area contributed by atoms with E-state index in [1.165, 1.54) is 26.4 Å². The highest BCUT2D eigenvalue weighted by atomic mass is 32.2. The molecule has 174 valence electrons. The zero-order valence-electron chi connectivity index (χ0n) is 19.1. The van der Waals surface area contributed by atoms with Gasteiger partial charge >= 0.3 is 0 Å². The lowest BCUT2D eigenvalue weighted by Gasteiger charge is -2.25. The van der Waals surface area contributed by atoms with Gasteiger partial charge in [0.25, 0.3) is 10.0 Å². The molecule has 1 amide bonds. The van der Waals surface area contributed by atoms with Crippen LogP contribution in [0.5, 0.6) is 11.5 Å². The van der Waals surface area contributed by atoms with Gasteiger partial charge in [0.05, 0.1) is 30.5 Å². The van der Waals surface area contributed by atoms with Crippen LogP contribution in [-0.4, -0.2) is 35.1 Å². The lowest BCUT2D eigenvalue weighted by Crippen LogP contribution is -2.38. The van der Waals surface area contributed by atoms with Crippen molar-refractivity contribution in [1.82, 2.24) is 0 Å². The summed E-state index contributed by atoms with van der Waals surface area (Å²) in [7, 11) is -0.969. The van der Waals surface area contributed by atoms with Crippen molar-refractivity contribution in [2.75, 3.05) is 30.4 Å². The van der Waals surface area contributed by atoms with Crippen LogP contribution in [0.4, 0.5) is 11.4 Å². The zero-order valence-corrected chi connectivity index (χ0v) is 19.9. The van der Waals surface area contributed by atoms with Gasteiger partial charge in [0.1, 0.15) is 18.0 Å². The van der Waals surface area contributed by atoms with Crippen molar-refractivity contribution in [2.45, 2.75) is 24.7 Å². The highest BCUT2D eigenvalue weighted by Gasteiger charge is 2.27. The van der Waals surface area contributed by atoms with Crippen LogP contribution in [0.2, 0.25) is 0 Å². The molecule has 3 aromatic carbocycles. The number of hydrogen-bond donors (Lipinski definition) is 1. The molecule has 0 aliphatic rings. The standard InChI is InChI=1S/C25H28N2O5S/c1-18(2)19-10-12-20(13-11-19)27(33(29,30)22-8-6-5-7-9-22)17-25(28)26-23-15-14-21(31-3)16-24(23)32-4/h5-16,18H,17H2,1-4H3,(H,26,28). The average molecular weight is 469 g/mol. The van der Waals surface area contributed by atoms with E-state index in [4.69, 9.17) is 9.47 Å². The molecule has 0 spiro atoms. The maximum absolute atomic E-state index is 13.5. The molecule has 0 aliphatic carbocycles. The largest absolute Gasteiger partial charge is 0.497 e. The van der Waals surface area contributed by atoms with Gasteiger partial charge in [-0.3, -0.25) is 9.10 Å². The van der Waals surface area contributed by atoms with Crippen LogP contribution in [-0.2, 0) is 14.8 Å². The number of hydrogen-bond acceptors (Lipinski definition) is 5. The highest BCUT2D eigenvalue weighted by molar-refractivity contribution is 7.92. The summed E-state index contributed by atoms with van der Waals surface area (Å²) in [5, 5.41) is 2.74. The molecule has 0 saturated heterocycles. The number of benzene rings is 3. The summed E-state index contributed by atoms with van der Waals surface area (Å²) < 4.78 is 38.5. The number of anilines is 2. The Morgan fingerprint density at radius 3 is 2.18 bits per heavy atom. The summed E-state index contributed by atoms with van der Waals surface area (Å²) in [4.78, 5) is 13.1. The Kier molecular flexibility index (Phi) is 7.60. The third-order valence-electron chi connectivity index (χ3n) is 5.15. The number of carbonyl (C=O) groups is 1. The van der Waals surface area contributed by atoms with E-state index in [1.54, 1.807) is 48.5 Å². The Morgan fingerprint density at radius 1 is 0.939 bits per heavy atom. The fraction of sp³-hybridized carbons (Fsp3) is 0.240. The first kappa shape index (κ1) is 24.1. The molecular weight excluding hydrogens is 440 g/mol. The van der Waals surface area contributed by atoms with Crippen molar-refractivity contribution in [1.29, 1.82) is 0 Å². The predicted octanol–water partition coefficient (Wildman–Crippen LogP) is 4.66. The molecule has 0 atom stereocenters. The summed E-state index contributed by atoms with van der Waals surface area (Å²) in [6.07, 6.45) is 0. The third-order valence-corrected chi connectivity index (χ3v) is 6.94. The lowest BCUT2D eigenvalue weighted by molar-refractivity contribution is -0.114. The van der Waals surface area contributed by atoms with Gasteiger partial charge in [-0.15, -0.1) is 0 Å². The average Bonchev–Trinajstić information content (AvgIpc) is 2.83. The van der Waals surface area contributed by atoms with E-state index in [2.05, 4.69) is 19.2 Å². The lowest BCUT2D eigenvalue weighted by atomic mass is 10.0. The van der Waals surface area contributed by atoms with Crippen molar-refractivity contribution in [3.8, 4) is 11.5 Å². The molecule has 0 aliphatic heterocycles. The molecule has 0 radical (unpaired) electrons. The molecule has 0 heterocycles. The molecule has 0 fully saturated rings. The van der Waals surface area contributed by atoms with Gasteiger partial charge in [0.15, 0.2) is 0 Å². The van der Waals surface area contributed by atoms with Gasteiger partial charge in [-0.1, -0.05) is 44.2 Å². The summed E-state index contributed by atoms with van der Waals surface area (Å²) in [6.45, 7) is 3.71. The number of rotatable bonds is 9. The van der Waals surface area contributed by atoms with Crippen LogP contribution < -0.4 is 19.1 Å². The molecule has 0 bridgehead atoms. The van der Waals surface area contributed by atoms with Crippen LogP contribution in [0.25, 0.3) is 0 Å².